The van der Waals surface area contributed by atoms with Crippen LogP contribution in [0.2, 0.25) is 0 Å². The van der Waals surface area contributed by atoms with Crippen molar-refractivity contribution in [3.63, 3.8) is 0 Å². The molecule has 0 saturated carbocycles. The summed E-state index contributed by atoms with van der Waals surface area (Å²) in [6.45, 7) is 2.64. The maximum Gasteiger partial charge on any atom is 0.141 e. The van der Waals surface area contributed by atoms with E-state index in [-0.39, 0.29) is 23.0 Å². The number of hydrogen-bond acceptors (Lipinski definition) is 2. The molecule has 0 N–H and O–H groups in total. The first-order chi connectivity index (χ1) is 15.6. The number of quaternary nitrogens is 1. The Morgan fingerprint density at radius 2 is 1.27 bits per heavy atom. The molecule has 0 aromatic heterocycles. The van der Waals surface area contributed by atoms with E-state index in [0.717, 1.165) is 22.4 Å². The van der Waals surface area contributed by atoms with Crippen molar-refractivity contribution in [3.05, 3.63) is 102 Å². The predicted molar refractivity (Wildman–Crippen MR) is 130 cm³/mol. The minimum atomic E-state index is 0. The molecule has 4 heteroatoms. The molecule has 0 aliphatic heterocycles. The summed E-state index contributed by atoms with van der Waals surface area (Å²) in [6.07, 6.45) is 11.4. The van der Waals surface area contributed by atoms with Gasteiger partial charge in [-0.1, -0.05) is 60.7 Å². The van der Waals surface area contributed by atoms with E-state index in [4.69, 9.17) is 22.3 Å². The maximum absolute atomic E-state index is 6.13. The van der Waals surface area contributed by atoms with Gasteiger partial charge in [-0.2, -0.15) is 0 Å². The minimum absolute atomic E-state index is 0. The number of benzene rings is 3. The Morgan fingerprint density at radius 3 is 1.79 bits per heavy atom. The number of likely N-dealkylation sites (N-methyl/N-ethyl adjacent to an activating group) is 1. The fourth-order valence-corrected chi connectivity index (χ4v) is 3.72. The topological polar surface area (TPSA) is 18.5 Å². The molecule has 1 unspecified atom stereocenters. The monoisotopic (exact) mass is 503 g/mol. The van der Waals surface area contributed by atoms with Gasteiger partial charge in [0.25, 0.3) is 0 Å². The number of terminal acetylenes is 2. The van der Waals surface area contributed by atoms with Crippen molar-refractivity contribution in [1.29, 1.82) is 0 Å². The molecule has 3 nitrogen and oxygen atoms in total. The van der Waals surface area contributed by atoms with Gasteiger partial charge < -0.3 is 26.5 Å². The van der Waals surface area contributed by atoms with Gasteiger partial charge in [0.2, 0.25) is 0 Å². The van der Waals surface area contributed by atoms with Crippen LogP contribution >= 0.6 is 0 Å². The molecule has 33 heavy (non-hydrogen) atoms. The second-order valence-electron chi connectivity index (χ2n) is 8.06. The fraction of sp³-hybridized carbons (Fsp3) is 0.241. The molecule has 0 bridgehead atoms. The van der Waals surface area contributed by atoms with Crippen LogP contribution < -0.4 is 21.7 Å². The molecule has 0 heterocycles. The quantitative estimate of drug-likeness (QED) is 0.295. The highest BCUT2D eigenvalue weighted by Crippen LogP contribution is 2.29. The number of nitrogens with zero attached hydrogens (tertiary/aromatic N) is 1. The lowest BCUT2D eigenvalue weighted by Crippen LogP contribution is -3.00. The summed E-state index contributed by atoms with van der Waals surface area (Å²) >= 11 is 0. The molecule has 3 rings (SSSR count). The van der Waals surface area contributed by atoms with E-state index in [2.05, 4.69) is 55.3 Å². The van der Waals surface area contributed by atoms with Gasteiger partial charge in [-0.05, 0) is 47.2 Å². The SMILES string of the molecule is C#CC[N+](C)(CC#C)C(COCc1ccccc1)c1ccc(OCc2ccccc2)cc1.[Br-]. The van der Waals surface area contributed by atoms with Crippen LogP contribution in [0.1, 0.15) is 22.7 Å². The molecule has 3 aromatic rings. The molecule has 0 fully saturated rings. The summed E-state index contributed by atoms with van der Waals surface area (Å²) in [6, 6.07) is 28.5. The van der Waals surface area contributed by atoms with E-state index in [1.807, 2.05) is 48.5 Å². The van der Waals surface area contributed by atoms with Crippen molar-refractivity contribution < 1.29 is 30.9 Å². The third-order valence-corrected chi connectivity index (χ3v) is 5.56. The highest BCUT2D eigenvalue weighted by Gasteiger charge is 2.33. The lowest BCUT2D eigenvalue weighted by Gasteiger charge is -2.39. The molecular formula is C29H30BrNO2. The maximum atomic E-state index is 6.13. The van der Waals surface area contributed by atoms with Crippen LogP contribution in [0.25, 0.3) is 0 Å². The third-order valence-electron chi connectivity index (χ3n) is 5.56. The van der Waals surface area contributed by atoms with E-state index in [1.54, 1.807) is 0 Å². The normalized spacial score (nSPS) is 11.5. The van der Waals surface area contributed by atoms with Gasteiger partial charge in [0, 0.05) is 5.56 Å². The van der Waals surface area contributed by atoms with Crippen LogP contribution in [0.15, 0.2) is 84.9 Å². The van der Waals surface area contributed by atoms with Crippen LogP contribution in [-0.2, 0) is 18.0 Å². The van der Waals surface area contributed by atoms with Crippen LogP contribution in [0.3, 0.4) is 0 Å². The lowest BCUT2D eigenvalue weighted by atomic mass is 10.0. The van der Waals surface area contributed by atoms with E-state index >= 15 is 0 Å². The van der Waals surface area contributed by atoms with Crippen molar-refractivity contribution in [2.24, 2.45) is 0 Å². The molecule has 0 aliphatic carbocycles. The Kier molecular flexibility index (Phi) is 10.7. The number of rotatable bonds is 11. The summed E-state index contributed by atoms with van der Waals surface area (Å²) < 4.78 is 12.6. The van der Waals surface area contributed by atoms with E-state index in [9.17, 15) is 0 Å². The minimum Gasteiger partial charge on any atom is -1.00 e. The Labute approximate surface area is 208 Å². The first-order valence-electron chi connectivity index (χ1n) is 10.7. The summed E-state index contributed by atoms with van der Waals surface area (Å²) in [5, 5.41) is 0. The molecule has 0 aliphatic rings. The number of halogens is 1. The third kappa shape index (κ3) is 7.81. The second-order valence-corrected chi connectivity index (χ2v) is 8.06. The summed E-state index contributed by atoms with van der Waals surface area (Å²) in [7, 11) is 2.09. The highest BCUT2D eigenvalue weighted by molar-refractivity contribution is 5.29. The smallest absolute Gasteiger partial charge is 0.141 e. The average molecular weight is 504 g/mol. The highest BCUT2D eigenvalue weighted by atomic mass is 79.9. The van der Waals surface area contributed by atoms with Crippen LogP contribution in [0.5, 0.6) is 5.75 Å². The van der Waals surface area contributed by atoms with Gasteiger partial charge in [0.05, 0.1) is 13.7 Å². The van der Waals surface area contributed by atoms with Crippen LogP contribution in [0, 0.1) is 24.7 Å². The second kappa shape index (κ2) is 13.5. The number of ether oxygens (including phenoxy) is 2. The van der Waals surface area contributed by atoms with E-state index in [0.29, 0.717) is 37.4 Å². The van der Waals surface area contributed by atoms with Gasteiger partial charge >= 0.3 is 0 Å². The van der Waals surface area contributed by atoms with Gasteiger partial charge in [-0.25, -0.2) is 0 Å². The molecule has 0 radical (unpaired) electrons. The molecule has 1 atom stereocenters. The summed E-state index contributed by atoms with van der Waals surface area (Å²) in [5.41, 5.74) is 3.40. The lowest BCUT2D eigenvalue weighted by molar-refractivity contribution is -0.927. The van der Waals surface area contributed by atoms with E-state index < -0.39 is 0 Å². The van der Waals surface area contributed by atoms with Crippen molar-refractivity contribution in [3.8, 4) is 30.4 Å². The molecule has 0 amide bonds. The van der Waals surface area contributed by atoms with Gasteiger partial charge in [0.1, 0.15) is 38.1 Å². The van der Waals surface area contributed by atoms with E-state index in [1.165, 1.54) is 0 Å². The summed E-state index contributed by atoms with van der Waals surface area (Å²) in [5.74, 6) is 6.42. The Morgan fingerprint density at radius 1 is 0.758 bits per heavy atom. The molecule has 0 saturated heterocycles. The van der Waals surface area contributed by atoms with Crippen molar-refractivity contribution in [1.82, 2.24) is 0 Å². The predicted octanol–water partition coefficient (Wildman–Crippen LogP) is 2.24. The zero-order chi connectivity index (χ0) is 22.7. The van der Waals surface area contributed by atoms with Gasteiger partial charge in [-0.3, -0.25) is 4.48 Å². The molecule has 170 valence electrons. The van der Waals surface area contributed by atoms with Crippen LogP contribution in [0.4, 0.5) is 0 Å². The van der Waals surface area contributed by atoms with Crippen molar-refractivity contribution in [2.75, 3.05) is 26.7 Å². The Balaban J connectivity index is 0.00000385. The first kappa shape index (κ1) is 26.2. The fourth-order valence-electron chi connectivity index (χ4n) is 3.72. The summed E-state index contributed by atoms with van der Waals surface area (Å²) in [4.78, 5) is 0. The largest absolute Gasteiger partial charge is 1.00 e. The van der Waals surface area contributed by atoms with Crippen LogP contribution in [-0.4, -0.2) is 31.2 Å². The average Bonchev–Trinajstić information content (AvgIpc) is 2.82. The zero-order valence-corrected chi connectivity index (χ0v) is 20.6. The molecular weight excluding hydrogens is 474 g/mol. The van der Waals surface area contributed by atoms with Gasteiger partial charge in [-0.15, -0.1) is 12.8 Å². The number of hydrogen-bond donors (Lipinski definition) is 0. The molecule has 0 spiro atoms. The molecule has 3 aromatic carbocycles. The zero-order valence-electron chi connectivity index (χ0n) is 19.0. The van der Waals surface area contributed by atoms with Crippen molar-refractivity contribution in [2.45, 2.75) is 19.3 Å². The Bertz CT molecular complexity index is 1020. The van der Waals surface area contributed by atoms with Gasteiger partial charge in [0.15, 0.2) is 0 Å². The first-order valence-corrected chi connectivity index (χ1v) is 10.7. The Hall–Kier alpha value is -3.02. The van der Waals surface area contributed by atoms with Crippen molar-refractivity contribution >= 4 is 0 Å². The standard InChI is InChI=1S/C29H30NO2.BrH/c1-4-20-30(3,21-5-2)29(24-31-22-25-12-8-6-9-13-25)27-16-18-28(19-17-27)32-23-26-14-10-7-11-15-26;/h1-2,6-19,29H,20-24H2,3H3;1H/q+1;/p-1.